The van der Waals surface area contributed by atoms with E-state index in [2.05, 4.69) is 23.0 Å². The summed E-state index contributed by atoms with van der Waals surface area (Å²) in [5, 5.41) is 40.3. The van der Waals surface area contributed by atoms with Gasteiger partial charge in [-0.2, -0.15) is 18.4 Å². The number of carbonyl (C=O) groups excluding carboxylic acids is 2. The average molecular weight is 1110 g/mol. The van der Waals surface area contributed by atoms with Gasteiger partial charge in [-0.1, -0.05) is 164 Å². The van der Waals surface area contributed by atoms with E-state index in [0.29, 0.717) is 6.42 Å². The first-order valence-electron chi connectivity index (χ1n) is 25.3. The van der Waals surface area contributed by atoms with Crippen LogP contribution in [0.5, 0.6) is 11.5 Å². The molecule has 0 spiro atoms. The number of anilines is 2. The molecule has 8 aromatic rings. The van der Waals surface area contributed by atoms with Crippen LogP contribution in [0.15, 0.2) is 168 Å². The van der Waals surface area contributed by atoms with Gasteiger partial charge in [0.05, 0.1) is 40.6 Å². The average Bonchev–Trinajstić information content (AvgIpc) is 4.33. The number of methoxy groups -OCH3 is 2. The van der Waals surface area contributed by atoms with Gasteiger partial charge >= 0.3 is 10.3 Å². The van der Waals surface area contributed by atoms with E-state index < -0.39 is 38.6 Å². The van der Waals surface area contributed by atoms with E-state index in [0.717, 1.165) is 99.4 Å². The molecule has 0 amide bonds. The number of quaternary nitrogens is 2. The van der Waals surface area contributed by atoms with Gasteiger partial charge in [0, 0.05) is 22.5 Å². The molecule has 4 heterocycles. The van der Waals surface area contributed by atoms with E-state index in [-0.39, 0.29) is 19.3 Å². The fourth-order valence-corrected chi connectivity index (χ4v) is 12.7. The molecular weight excluding hydrogens is 1050 g/mol. The zero-order valence-corrected chi connectivity index (χ0v) is 46.0. The van der Waals surface area contributed by atoms with Crippen LogP contribution in [0.3, 0.4) is 0 Å². The Morgan fingerprint density at radius 3 is 1.35 bits per heavy atom. The molecule has 0 fully saturated rings. The number of fused-ring (bicyclic) bond motifs is 2. The van der Waals surface area contributed by atoms with E-state index in [1.165, 1.54) is 13.8 Å². The number of rotatable bonds is 19. The van der Waals surface area contributed by atoms with Crippen LogP contribution in [0.25, 0.3) is 20.4 Å². The number of hydrogen-bond donors (Lipinski definition) is 5. The van der Waals surface area contributed by atoms with Crippen molar-refractivity contribution >= 4 is 98.5 Å². The minimum atomic E-state index is -5.22. The van der Waals surface area contributed by atoms with E-state index in [4.69, 9.17) is 29.6 Å². The summed E-state index contributed by atoms with van der Waals surface area (Å²) < 4.78 is 43.3. The molecule has 3 atom stereocenters. The molecule has 78 heavy (non-hydrogen) atoms. The lowest BCUT2D eigenvalue weighted by Gasteiger charge is -2.49. The van der Waals surface area contributed by atoms with Crippen LogP contribution in [0.4, 0.5) is 21.6 Å². The number of aromatic nitrogens is 2. The molecule has 2 aliphatic heterocycles. The van der Waals surface area contributed by atoms with Crippen LogP contribution < -0.4 is 51.0 Å². The lowest BCUT2D eigenvalue weighted by molar-refractivity contribution is -0.846. The van der Waals surface area contributed by atoms with Crippen molar-refractivity contribution in [3.63, 3.8) is 0 Å². The number of aliphatic carboxylic acids is 2. The molecule has 22 heteroatoms. The third-order valence-electron chi connectivity index (χ3n) is 13.5. The van der Waals surface area contributed by atoms with Gasteiger partial charge in [-0.3, -0.25) is 4.55 Å². The van der Waals surface area contributed by atoms with Gasteiger partial charge < -0.3 is 29.3 Å². The number of para-hydroxylation sites is 2. The highest BCUT2D eigenvalue weighted by Gasteiger charge is 2.59. The zero-order valence-electron chi connectivity index (χ0n) is 43.6. The summed E-state index contributed by atoms with van der Waals surface area (Å²) in [6.07, 6.45) is 1.10. The van der Waals surface area contributed by atoms with Crippen molar-refractivity contribution in [1.29, 1.82) is 0 Å². The number of ether oxygens (including phenoxy) is 2. The lowest BCUT2D eigenvalue weighted by Crippen LogP contribution is -3.10. The quantitative estimate of drug-likeness (QED) is 0.0452. The number of carboxylic acids is 2. The van der Waals surface area contributed by atoms with Crippen molar-refractivity contribution in [3.05, 3.63) is 169 Å². The van der Waals surface area contributed by atoms with Crippen LogP contribution in [-0.2, 0) is 19.7 Å². The molecule has 3 unspecified atom stereocenters. The molecule has 0 bridgehead atoms. The highest BCUT2D eigenvalue weighted by atomic mass is 32.2. The number of nitrogens with zero attached hydrogens (tertiary/aromatic N) is 6. The first kappa shape index (κ1) is 56.2. The number of carboxylic acid groups (broad SMARTS) is 2. The molecule has 0 aliphatic carbocycles. The molecule has 2 aromatic heterocycles. The Labute approximate surface area is 460 Å². The molecular formula is C56H60N10O9S3. The number of thiazole rings is 2. The van der Waals surface area contributed by atoms with Crippen molar-refractivity contribution < 1.29 is 52.5 Å². The fourth-order valence-electron chi connectivity index (χ4n) is 9.28. The predicted molar refractivity (Wildman–Crippen MR) is 300 cm³/mol. The molecule has 6 aromatic carbocycles. The maximum Gasteiger partial charge on any atom is 0.339 e. The Bertz CT molecular complexity index is 3240. The van der Waals surface area contributed by atoms with Crippen LogP contribution in [0.2, 0.25) is 0 Å². The second kappa shape index (κ2) is 25.0. The summed E-state index contributed by atoms with van der Waals surface area (Å²) >= 11 is 3.27. The second-order valence-corrected chi connectivity index (χ2v) is 21.7. The second-order valence-electron chi connectivity index (χ2n) is 18.0. The topological polar surface area (TPSA) is 243 Å². The number of unbranched alkanes of at least 4 members (excludes halogenated alkanes) is 3. The van der Waals surface area contributed by atoms with Gasteiger partial charge in [0.2, 0.25) is 11.7 Å². The molecule has 0 saturated carbocycles. The highest BCUT2D eigenvalue weighted by molar-refractivity contribution is 7.88. The van der Waals surface area contributed by atoms with Crippen LogP contribution >= 0.6 is 22.7 Å². The molecule has 5 N–H and O–H groups in total. The van der Waals surface area contributed by atoms with E-state index in [1.807, 2.05) is 163 Å². The minimum Gasteiger partial charge on any atom is -0.549 e. The first-order valence-corrected chi connectivity index (χ1v) is 28.3. The predicted octanol–water partition coefficient (Wildman–Crippen LogP) is 6.14. The summed E-state index contributed by atoms with van der Waals surface area (Å²) in [5.74, 6) is -0.687. The van der Waals surface area contributed by atoms with Crippen molar-refractivity contribution in [2.75, 3.05) is 24.5 Å². The van der Waals surface area contributed by atoms with Crippen LogP contribution in [-0.4, -0.2) is 65.5 Å². The van der Waals surface area contributed by atoms with E-state index in [9.17, 15) is 32.8 Å². The standard InChI is InChI=1S/2C21H17N5OS.C14H26O7S/c2*1-27-17-13-11-16(12-14-17)25-23-20(15-7-3-2-4-8-15)24-26(25)21-22-18-9-5-6-10-19(18)28-21;1-4-7-8-9-10-14(12(17)18,22(19,20)21)13(5-2,6-3)11(15)16/h2*2-14H,1H3,(H,23,24);4-10H2,1-3H3,(H,15,16)(H,17,18)(H,19,20,21). The van der Waals surface area contributed by atoms with Crippen molar-refractivity contribution in [2.24, 2.45) is 15.6 Å². The maximum absolute atomic E-state index is 11.9. The lowest BCUT2D eigenvalue weighted by atomic mass is 9.68. The summed E-state index contributed by atoms with van der Waals surface area (Å²) in [4.78, 5) is 32.9. The highest BCUT2D eigenvalue weighted by Crippen LogP contribution is 2.46. The fraction of sp³-hybridized carbons (Fsp3) is 0.250. The third kappa shape index (κ3) is 11.8. The summed E-state index contributed by atoms with van der Waals surface area (Å²) in [5.41, 5.74) is 10.5. The van der Waals surface area contributed by atoms with Gasteiger partial charge in [-0.15, -0.1) is 0 Å². The van der Waals surface area contributed by atoms with Crippen molar-refractivity contribution in [2.45, 2.75) is 70.5 Å². The largest absolute Gasteiger partial charge is 0.549 e. The monoisotopic (exact) mass is 1110 g/mol. The summed E-state index contributed by atoms with van der Waals surface area (Å²) in [6.45, 7) is 4.63. The van der Waals surface area contributed by atoms with Crippen molar-refractivity contribution in [3.8, 4) is 11.5 Å². The molecule has 10 rings (SSSR count). The molecule has 19 nitrogen and oxygen atoms in total. The smallest absolute Gasteiger partial charge is 0.339 e. The number of carbonyl (C=O) groups is 2. The summed E-state index contributed by atoms with van der Waals surface area (Å²) in [6, 6.07) is 52.2. The van der Waals surface area contributed by atoms with Gasteiger partial charge in [0.1, 0.15) is 27.6 Å². The van der Waals surface area contributed by atoms with Crippen molar-refractivity contribution in [1.82, 2.24) is 20.8 Å². The molecule has 406 valence electrons. The third-order valence-corrected chi connectivity index (χ3v) is 17.3. The van der Waals surface area contributed by atoms with E-state index in [1.54, 1.807) is 36.9 Å². The minimum absolute atomic E-state index is 0.149. The Balaban J connectivity index is 0.000000156. The molecule has 0 saturated heterocycles. The Morgan fingerprint density at radius 2 is 1.00 bits per heavy atom. The Hall–Kier alpha value is -7.99. The van der Waals surface area contributed by atoms with Gasteiger partial charge in [-0.25, -0.2) is 10.9 Å². The number of benzene rings is 6. The van der Waals surface area contributed by atoms with E-state index >= 15 is 0 Å². The molecule has 0 radical (unpaired) electrons. The number of hydrazine groups is 2. The Kier molecular flexibility index (Phi) is 18.0. The van der Waals surface area contributed by atoms with Gasteiger partial charge in [-0.05, 0) is 112 Å². The zero-order chi connectivity index (χ0) is 55.5. The van der Waals surface area contributed by atoms with Crippen LogP contribution in [0.1, 0.15) is 76.8 Å². The number of nitrogens with one attached hydrogen (secondary N) is 4. The maximum atomic E-state index is 11.9. The van der Waals surface area contributed by atoms with Gasteiger partial charge in [0.25, 0.3) is 10.1 Å². The number of amidine groups is 2. The first-order chi connectivity index (χ1) is 37.7. The molecule has 2 aliphatic rings. The van der Waals surface area contributed by atoms with Gasteiger partial charge in [0.15, 0.2) is 0 Å². The SMILES string of the molecule is CCCCCCC(C(=O)[O-])(C(CC)(CC)C(=O)[O-])S(=O)(=O)O.COc1ccc(N2NC(c3ccccc3)=N[NH+]2c2nc3ccccc3s2)cc1.COc1ccc(N2NC(c3ccccc3)=N[NH+]2c2nc3ccccc3s2)cc1. The summed E-state index contributed by atoms with van der Waals surface area (Å²) in [7, 11) is -1.89. The number of hydrogen-bond acceptors (Lipinski definition) is 18. The van der Waals surface area contributed by atoms with Crippen LogP contribution in [0, 0.1) is 5.41 Å². The normalized spacial score (nSPS) is 15.9. The Morgan fingerprint density at radius 1 is 0.590 bits per heavy atom.